The number of hydrogen-bond acceptors (Lipinski definition) is 3. The van der Waals surface area contributed by atoms with Gasteiger partial charge in [0.1, 0.15) is 5.82 Å². The van der Waals surface area contributed by atoms with Crippen molar-refractivity contribution in [3.63, 3.8) is 0 Å². The van der Waals surface area contributed by atoms with Gasteiger partial charge in [-0.05, 0) is 42.7 Å². The average Bonchev–Trinajstić information content (AvgIpc) is 2.52. The Morgan fingerprint density at radius 1 is 1.13 bits per heavy atom. The van der Waals surface area contributed by atoms with Crippen LogP contribution >= 0.6 is 0 Å². The second-order valence-corrected chi connectivity index (χ2v) is 5.17. The first-order chi connectivity index (χ1) is 11.0. The van der Waals surface area contributed by atoms with Gasteiger partial charge in [-0.3, -0.25) is 9.59 Å². The summed E-state index contributed by atoms with van der Waals surface area (Å²) in [7, 11) is 0. The maximum Gasteiger partial charge on any atom is 0.306 e. The zero-order valence-electron chi connectivity index (χ0n) is 12.8. The third kappa shape index (κ3) is 5.54. The molecule has 0 aliphatic heterocycles. The van der Waals surface area contributed by atoms with Crippen LogP contribution in [0.2, 0.25) is 0 Å². The van der Waals surface area contributed by atoms with Gasteiger partial charge >= 0.3 is 5.97 Å². The lowest BCUT2D eigenvalue weighted by molar-refractivity contribution is -0.147. The van der Waals surface area contributed by atoms with E-state index in [4.69, 9.17) is 4.74 Å². The van der Waals surface area contributed by atoms with Gasteiger partial charge in [0.15, 0.2) is 6.61 Å². The van der Waals surface area contributed by atoms with E-state index in [-0.39, 0.29) is 25.3 Å². The predicted octanol–water partition coefficient (Wildman–Crippen LogP) is 3.25. The Morgan fingerprint density at radius 3 is 2.65 bits per heavy atom. The molecule has 0 aliphatic carbocycles. The second-order valence-electron chi connectivity index (χ2n) is 5.17. The maximum absolute atomic E-state index is 13.4. The highest BCUT2D eigenvalue weighted by Crippen LogP contribution is 2.10. The minimum atomic E-state index is -0.535. The molecule has 2 aromatic carbocycles. The van der Waals surface area contributed by atoms with E-state index >= 15 is 0 Å². The van der Waals surface area contributed by atoms with Crippen LogP contribution in [0.15, 0.2) is 48.5 Å². The summed E-state index contributed by atoms with van der Waals surface area (Å²) in [5, 5.41) is 2.64. The molecule has 0 atom stereocenters. The minimum absolute atomic E-state index is 0.0264. The molecule has 0 bridgehead atoms. The Bertz CT molecular complexity index is 700. The number of carbonyl (C=O) groups is 2. The van der Waals surface area contributed by atoms with Crippen molar-refractivity contribution in [2.75, 3.05) is 11.9 Å². The van der Waals surface area contributed by atoms with E-state index < -0.39 is 11.9 Å². The summed E-state index contributed by atoms with van der Waals surface area (Å²) in [6, 6.07) is 13.6. The smallest absolute Gasteiger partial charge is 0.306 e. The average molecular weight is 315 g/mol. The molecule has 1 N–H and O–H groups in total. The zero-order chi connectivity index (χ0) is 16.7. The maximum atomic E-state index is 13.4. The third-order valence-corrected chi connectivity index (χ3v) is 3.22. The monoisotopic (exact) mass is 315 g/mol. The SMILES string of the molecule is Cc1cccc(NC(=O)COC(=O)CCc2ccccc2F)c1. The van der Waals surface area contributed by atoms with Crippen LogP contribution in [0.1, 0.15) is 17.5 Å². The van der Waals surface area contributed by atoms with Gasteiger partial charge in [0.05, 0.1) is 0 Å². The number of amides is 1. The predicted molar refractivity (Wildman–Crippen MR) is 85.5 cm³/mol. The van der Waals surface area contributed by atoms with E-state index in [0.717, 1.165) is 5.56 Å². The molecular weight excluding hydrogens is 297 g/mol. The Balaban J connectivity index is 1.74. The molecule has 2 aromatic rings. The number of anilines is 1. The second kappa shape index (κ2) is 8.08. The number of aryl methyl sites for hydroxylation is 2. The summed E-state index contributed by atoms with van der Waals surface area (Å²) in [5.74, 6) is -1.29. The molecule has 2 rings (SSSR count). The molecule has 4 nitrogen and oxygen atoms in total. The first kappa shape index (κ1) is 16.7. The van der Waals surface area contributed by atoms with Crippen molar-refractivity contribution in [3.8, 4) is 0 Å². The molecule has 0 fully saturated rings. The molecule has 120 valence electrons. The van der Waals surface area contributed by atoms with Crippen LogP contribution in [0.25, 0.3) is 0 Å². The van der Waals surface area contributed by atoms with Gasteiger partial charge in [0.25, 0.3) is 5.91 Å². The highest BCUT2D eigenvalue weighted by atomic mass is 19.1. The van der Waals surface area contributed by atoms with E-state index in [2.05, 4.69) is 5.32 Å². The van der Waals surface area contributed by atoms with E-state index in [1.807, 2.05) is 25.1 Å². The van der Waals surface area contributed by atoms with E-state index in [1.165, 1.54) is 6.07 Å². The summed E-state index contributed by atoms with van der Waals surface area (Å²) in [6.45, 7) is 1.56. The quantitative estimate of drug-likeness (QED) is 0.833. The van der Waals surface area contributed by atoms with Crippen LogP contribution in [0, 0.1) is 12.7 Å². The molecule has 0 unspecified atom stereocenters. The highest BCUT2D eigenvalue weighted by Gasteiger charge is 2.09. The molecule has 0 heterocycles. The van der Waals surface area contributed by atoms with Crippen LogP contribution in [0.3, 0.4) is 0 Å². The third-order valence-electron chi connectivity index (χ3n) is 3.22. The van der Waals surface area contributed by atoms with Crippen LogP contribution in [0.4, 0.5) is 10.1 Å². The molecular formula is C18H18FNO3. The largest absolute Gasteiger partial charge is 0.456 e. The summed E-state index contributed by atoms with van der Waals surface area (Å²) in [6.07, 6.45) is 0.268. The van der Waals surface area contributed by atoms with Crippen molar-refractivity contribution in [3.05, 3.63) is 65.5 Å². The summed E-state index contributed by atoms with van der Waals surface area (Å²) >= 11 is 0. The molecule has 1 amide bonds. The summed E-state index contributed by atoms with van der Waals surface area (Å²) < 4.78 is 18.3. The van der Waals surface area contributed by atoms with Crippen molar-refractivity contribution < 1.29 is 18.7 Å². The fourth-order valence-electron chi connectivity index (χ4n) is 2.08. The molecule has 0 radical (unpaired) electrons. The van der Waals surface area contributed by atoms with Gasteiger partial charge in [0.2, 0.25) is 0 Å². The Labute approximate surface area is 134 Å². The number of rotatable bonds is 6. The van der Waals surface area contributed by atoms with Gasteiger partial charge < -0.3 is 10.1 Å². The zero-order valence-corrected chi connectivity index (χ0v) is 12.8. The van der Waals surface area contributed by atoms with Gasteiger partial charge in [-0.1, -0.05) is 30.3 Å². The number of esters is 1. The van der Waals surface area contributed by atoms with E-state index in [1.54, 1.807) is 24.3 Å². The van der Waals surface area contributed by atoms with E-state index in [0.29, 0.717) is 11.3 Å². The topological polar surface area (TPSA) is 55.4 Å². The summed E-state index contributed by atoms with van der Waals surface area (Å²) in [5.41, 5.74) is 2.12. The van der Waals surface area contributed by atoms with Crippen molar-refractivity contribution >= 4 is 17.6 Å². The lowest BCUT2D eigenvalue weighted by atomic mass is 10.1. The highest BCUT2D eigenvalue weighted by molar-refractivity contribution is 5.92. The number of halogens is 1. The number of ether oxygens (including phenoxy) is 1. The lowest BCUT2D eigenvalue weighted by Crippen LogP contribution is -2.21. The van der Waals surface area contributed by atoms with Crippen LogP contribution in [-0.2, 0) is 20.7 Å². The Hall–Kier alpha value is -2.69. The summed E-state index contributed by atoms with van der Waals surface area (Å²) in [4.78, 5) is 23.3. The number of carbonyl (C=O) groups excluding carboxylic acids is 2. The Kier molecular flexibility index (Phi) is 5.86. The molecule has 0 saturated carbocycles. The fourth-order valence-corrected chi connectivity index (χ4v) is 2.08. The van der Waals surface area contributed by atoms with Crippen LogP contribution in [-0.4, -0.2) is 18.5 Å². The number of nitrogens with one attached hydrogen (secondary N) is 1. The van der Waals surface area contributed by atoms with Crippen molar-refractivity contribution in [2.24, 2.45) is 0 Å². The van der Waals surface area contributed by atoms with Crippen molar-refractivity contribution in [2.45, 2.75) is 19.8 Å². The van der Waals surface area contributed by atoms with Crippen LogP contribution < -0.4 is 5.32 Å². The first-order valence-corrected chi connectivity index (χ1v) is 7.30. The standard InChI is InChI=1S/C18H18FNO3/c1-13-5-4-7-15(11-13)20-17(21)12-23-18(22)10-9-14-6-2-3-8-16(14)19/h2-8,11H,9-10,12H2,1H3,(H,20,21). The first-order valence-electron chi connectivity index (χ1n) is 7.30. The van der Waals surface area contributed by atoms with Crippen molar-refractivity contribution in [1.82, 2.24) is 0 Å². The molecule has 0 saturated heterocycles. The number of benzene rings is 2. The lowest BCUT2D eigenvalue weighted by Gasteiger charge is -2.07. The van der Waals surface area contributed by atoms with Gasteiger partial charge in [-0.2, -0.15) is 0 Å². The normalized spacial score (nSPS) is 10.2. The van der Waals surface area contributed by atoms with Gasteiger partial charge in [-0.25, -0.2) is 4.39 Å². The molecule has 0 spiro atoms. The van der Waals surface area contributed by atoms with E-state index in [9.17, 15) is 14.0 Å². The Morgan fingerprint density at radius 2 is 1.91 bits per heavy atom. The molecule has 0 aromatic heterocycles. The minimum Gasteiger partial charge on any atom is -0.456 e. The molecule has 5 heteroatoms. The molecule has 0 aliphatic rings. The van der Waals surface area contributed by atoms with Gasteiger partial charge in [0, 0.05) is 12.1 Å². The van der Waals surface area contributed by atoms with Gasteiger partial charge in [-0.15, -0.1) is 0 Å². The molecule has 23 heavy (non-hydrogen) atoms. The van der Waals surface area contributed by atoms with Crippen molar-refractivity contribution in [1.29, 1.82) is 0 Å². The van der Waals surface area contributed by atoms with Crippen LogP contribution in [0.5, 0.6) is 0 Å². The number of hydrogen-bond donors (Lipinski definition) is 1. The fraction of sp³-hybridized carbons (Fsp3) is 0.222.